The topological polar surface area (TPSA) is 40.5 Å². The van der Waals surface area contributed by atoms with E-state index in [9.17, 15) is 5.11 Å². The van der Waals surface area contributed by atoms with Crippen LogP contribution in [0.5, 0.6) is 5.75 Å². The van der Waals surface area contributed by atoms with Crippen molar-refractivity contribution < 1.29 is 10.2 Å². The van der Waals surface area contributed by atoms with Crippen LogP contribution >= 0.6 is 0 Å². The molecule has 0 saturated heterocycles. The van der Waals surface area contributed by atoms with Crippen LogP contribution in [0.15, 0.2) is 30.0 Å². The lowest BCUT2D eigenvalue weighted by Crippen LogP contribution is -2.21. The van der Waals surface area contributed by atoms with Gasteiger partial charge in [0, 0.05) is 0 Å². The van der Waals surface area contributed by atoms with Gasteiger partial charge in [-0.05, 0) is 35.6 Å². The van der Waals surface area contributed by atoms with E-state index in [4.69, 9.17) is 5.11 Å². The summed E-state index contributed by atoms with van der Waals surface area (Å²) in [7, 11) is 0. The first-order valence-electron chi connectivity index (χ1n) is 3.95. The highest BCUT2D eigenvalue weighted by molar-refractivity contribution is 5.40. The van der Waals surface area contributed by atoms with Gasteiger partial charge in [0.15, 0.2) is 0 Å². The zero-order valence-corrected chi connectivity index (χ0v) is 7.49. The molecule has 0 aromatic heterocycles. The molecule has 2 nitrogen and oxygen atoms in total. The minimum Gasteiger partial charge on any atom is -0.513 e. The molecule has 0 heterocycles. The second kappa shape index (κ2) is 3.81. The van der Waals surface area contributed by atoms with Crippen LogP contribution in [-0.2, 0) is 0 Å². The van der Waals surface area contributed by atoms with Crippen molar-refractivity contribution in [3.63, 3.8) is 0 Å². The van der Waals surface area contributed by atoms with Crippen molar-refractivity contribution in [2.24, 2.45) is 0 Å². The fourth-order valence-electron chi connectivity index (χ4n) is 0.948. The third-order valence-electron chi connectivity index (χ3n) is 1.63. The largest absolute Gasteiger partial charge is 0.513 e. The van der Waals surface area contributed by atoms with Gasteiger partial charge in [0.1, 0.15) is 5.75 Å². The lowest BCUT2D eigenvalue weighted by Gasteiger charge is -1.91. The number of hydrogen-bond donors (Lipinski definition) is 2. The Morgan fingerprint density at radius 2 is 2.15 bits per heavy atom. The van der Waals surface area contributed by atoms with E-state index in [1.54, 1.807) is 37.3 Å². The molecule has 2 N–H and O–H groups in total. The lowest BCUT2D eigenvalue weighted by atomic mass is 10.2. The zero-order valence-electron chi connectivity index (χ0n) is 7.49. The summed E-state index contributed by atoms with van der Waals surface area (Å²) in [6, 6.07) is 4.90. The fourth-order valence-corrected chi connectivity index (χ4v) is 0.948. The van der Waals surface area contributed by atoms with E-state index in [1.807, 2.05) is 0 Å². The molecular weight excluding hydrogens is 164 g/mol. The molecule has 0 fully saturated rings. The summed E-state index contributed by atoms with van der Waals surface area (Å²) >= 11 is 0. The van der Waals surface area contributed by atoms with Crippen molar-refractivity contribution in [2.75, 3.05) is 0 Å². The number of phenolic OH excluding ortho intramolecular Hbond substituents is 1. The van der Waals surface area contributed by atoms with E-state index >= 15 is 0 Å². The molecule has 0 radical (unpaired) electrons. The highest BCUT2D eigenvalue weighted by Crippen LogP contribution is 1.98. The maximum atomic E-state index is 9.17. The smallest absolute Gasteiger partial charge is 0.116 e. The highest BCUT2D eigenvalue weighted by atomic mass is 16.3. The molecule has 2 heteroatoms. The number of phenols is 1. The van der Waals surface area contributed by atoms with Crippen LogP contribution in [0, 0.1) is 0 Å². The van der Waals surface area contributed by atoms with Gasteiger partial charge in [-0.15, -0.1) is 0 Å². The molecule has 0 aliphatic heterocycles. The van der Waals surface area contributed by atoms with E-state index in [1.165, 1.54) is 0 Å². The maximum absolute atomic E-state index is 9.17. The molecule has 1 aromatic carbocycles. The van der Waals surface area contributed by atoms with Gasteiger partial charge in [-0.3, -0.25) is 0 Å². The lowest BCUT2D eigenvalue weighted by molar-refractivity contribution is 0.415. The Morgan fingerprint density at radius 3 is 2.77 bits per heavy atom. The van der Waals surface area contributed by atoms with Crippen molar-refractivity contribution in [2.45, 2.75) is 6.92 Å². The van der Waals surface area contributed by atoms with Gasteiger partial charge >= 0.3 is 0 Å². The highest BCUT2D eigenvalue weighted by Gasteiger charge is 1.86. The molecule has 0 aliphatic rings. The van der Waals surface area contributed by atoms with Crippen LogP contribution < -0.4 is 10.4 Å². The number of aromatic hydroxyl groups is 1. The van der Waals surface area contributed by atoms with Gasteiger partial charge in [-0.2, -0.15) is 0 Å². The van der Waals surface area contributed by atoms with Gasteiger partial charge in [0.2, 0.25) is 0 Å². The van der Waals surface area contributed by atoms with Crippen LogP contribution in [0.25, 0.3) is 12.7 Å². The Labute approximate surface area is 76.8 Å². The van der Waals surface area contributed by atoms with Gasteiger partial charge in [0.05, 0.1) is 5.76 Å². The van der Waals surface area contributed by atoms with Gasteiger partial charge < -0.3 is 10.2 Å². The second-order valence-corrected chi connectivity index (χ2v) is 2.86. The second-order valence-electron chi connectivity index (χ2n) is 2.86. The number of aliphatic hydroxyl groups is 1. The number of aliphatic hydroxyl groups excluding tert-OH is 1. The van der Waals surface area contributed by atoms with Crippen LogP contribution in [0.1, 0.15) is 6.92 Å². The average Bonchev–Trinajstić information content (AvgIpc) is 2.06. The minimum atomic E-state index is 0.197. The normalized spacial score (nSPS) is 13.3. The zero-order chi connectivity index (χ0) is 9.84. The summed E-state index contributed by atoms with van der Waals surface area (Å²) in [4.78, 5) is 0. The SMILES string of the molecule is C=c1ccc(O)c/c1=C/C=C(\C)O. The van der Waals surface area contributed by atoms with Crippen molar-refractivity contribution in [3.05, 3.63) is 40.5 Å². The van der Waals surface area contributed by atoms with Crippen molar-refractivity contribution >= 4 is 12.7 Å². The number of rotatable bonds is 1. The van der Waals surface area contributed by atoms with Gasteiger partial charge in [-0.25, -0.2) is 0 Å². The van der Waals surface area contributed by atoms with Crippen LogP contribution in [-0.4, -0.2) is 10.2 Å². The maximum Gasteiger partial charge on any atom is 0.116 e. The summed E-state index contributed by atoms with van der Waals surface area (Å²) in [5.74, 6) is 0.422. The van der Waals surface area contributed by atoms with Gasteiger partial charge in [-0.1, -0.05) is 18.7 Å². The third-order valence-corrected chi connectivity index (χ3v) is 1.63. The third kappa shape index (κ3) is 2.67. The summed E-state index contributed by atoms with van der Waals surface area (Å²) in [6.45, 7) is 5.37. The Hall–Kier alpha value is -1.70. The van der Waals surface area contributed by atoms with Crippen LogP contribution in [0.4, 0.5) is 0 Å². The Morgan fingerprint density at radius 1 is 1.46 bits per heavy atom. The van der Waals surface area contributed by atoms with E-state index in [-0.39, 0.29) is 11.5 Å². The van der Waals surface area contributed by atoms with Crippen molar-refractivity contribution in [3.8, 4) is 5.75 Å². The quantitative estimate of drug-likeness (QED) is 0.628. The molecule has 1 aromatic rings. The Kier molecular flexibility index (Phi) is 2.75. The molecule has 1 rings (SSSR count). The van der Waals surface area contributed by atoms with Crippen molar-refractivity contribution in [1.82, 2.24) is 0 Å². The van der Waals surface area contributed by atoms with E-state index in [2.05, 4.69) is 6.58 Å². The Bertz CT molecular complexity index is 426. The van der Waals surface area contributed by atoms with E-state index < -0.39 is 0 Å². The number of allylic oxidation sites excluding steroid dienone is 2. The number of hydrogen-bond acceptors (Lipinski definition) is 2. The van der Waals surface area contributed by atoms with Gasteiger partial charge in [0.25, 0.3) is 0 Å². The molecule has 68 valence electrons. The minimum absolute atomic E-state index is 0.197. The summed E-state index contributed by atoms with van der Waals surface area (Å²) < 4.78 is 0. The molecule has 13 heavy (non-hydrogen) atoms. The van der Waals surface area contributed by atoms with E-state index in [0.29, 0.717) is 0 Å². The predicted molar refractivity (Wildman–Crippen MR) is 53.7 cm³/mol. The number of benzene rings is 1. The van der Waals surface area contributed by atoms with Crippen molar-refractivity contribution in [1.29, 1.82) is 0 Å². The molecule has 0 atom stereocenters. The molecule has 0 bridgehead atoms. The molecule has 0 unspecified atom stereocenters. The molecule has 0 saturated carbocycles. The van der Waals surface area contributed by atoms with E-state index in [0.717, 1.165) is 10.4 Å². The predicted octanol–water partition coefficient (Wildman–Crippen LogP) is 1.04. The molecular formula is C11H12O2. The molecule has 0 spiro atoms. The first-order valence-corrected chi connectivity index (χ1v) is 3.95. The summed E-state index contributed by atoms with van der Waals surface area (Å²) in [5.41, 5.74) is 0. The monoisotopic (exact) mass is 176 g/mol. The molecule has 0 aliphatic carbocycles. The van der Waals surface area contributed by atoms with Crippen LogP contribution in [0.3, 0.4) is 0 Å². The average molecular weight is 176 g/mol. The first kappa shape index (κ1) is 9.39. The Balaban J connectivity index is 3.29. The van der Waals surface area contributed by atoms with Crippen LogP contribution in [0.2, 0.25) is 0 Å². The standard InChI is InChI=1S/C11H12O2/c1-8-3-6-11(13)7-10(8)5-4-9(2)12/h3-7,12-13H,1H2,2H3/b9-4+,10-5-. The summed E-state index contributed by atoms with van der Waals surface area (Å²) in [6.07, 6.45) is 3.26. The fraction of sp³-hybridized carbons (Fsp3) is 0.0909. The first-order chi connectivity index (χ1) is 6.09. The molecule has 0 amide bonds. The summed E-state index contributed by atoms with van der Waals surface area (Å²) in [5, 5.41) is 19.7.